The zero-order valence-electron chi connectivity index (χ0n) is 17.6. The lowest BCUT2D eigenvalue weighted by Gasteiger charge is -2.59. The van der Waals surface area contributed by atoms with Crippen LogP contribution in [0.15, 0.2) is 23.4 Å². The van der Waals surface area contributed by atoms with Crippen LogP contribution in [0, 0.1) is 34.0 Å². The van der Waals surface area contributed by atoms with Gasteiger partial charge in [0.25, 0.3) is 0 Å². The van der Waals surface area contributed by atoms with Crippen molar-refractivity contribution in [3.05, 3.63) is 23.4 Å². The quantitative estimate of drug-likeness (QED) is 0.694. The van der Waals surface area contributed by atoms with Crippen LogP contribution in [0.5, 0.6) is 0 Å². The maximum Gasteiger partial charge on any atom is 0.225 e. The molecule has 0 amide bonds. The molecule has 4 nitrogen and oxygen atoms in total. The van der Waals surface area contributed by atoms with Gasteiger partial charge in [0.05, 0.1) is 6.26 Å². The van der Waals surface area contributed by atoms with Crippen LogP contribution in [0.25, 0.3) is 0 Å². The van der Waals surface area contributed by atoms with Gasteiger partial charge in [-0.1, -0.05) is 39.3 Å². The van der Waals surface area contributed by atoms with Gasteiger partial charge in [-0.2, -0.15) is 0 Å². The van der Waals surface area contributed by atoms with Crippen molar-refractivity contribution < 1.29 is 8.42 Å². The van der Waals surface area contributed by atoms with Crippen LogP contribution in [0.3, 0.4) is 0 Å². The summed E-state index contributed by atoms with van der Waals surface area (Å²) in [6.45, 7) is 10.0. The Morgan fingerprint density at radius 3 is 2.44 bits per heavy atom. The van der Waals surface area contributed by atoms with Gasteiger partial charge in [0.1, 0.15) is 0 Å². The molecule has 4 aliphatic carbocycles. The van der Waals surface area contributed by atoms with Crippen LogP contribution in [-0.2, 0) is 10.0 Å². The highest BCUT2D eigenvalue weighted by Crippen LogP contribution is 2.69. The van der Waals surface area contributed by atoms with E-state index in [1.54, 1.807) is 0 Å². The molecule has 5 heteroatoms. The Bertz CT molecular complexity index is 797. The predicted octanol–water partition coefficient (Wildman–Crippen LogP) is 4.52. The molecule has 0 saturated heterocycles. The van der Waals surface area contributed by atoms with Crippen molar-refractivity contribution in [3.63, 3.8) is 0 Å². The van der Waals surface area contributed by atoms with Crippen LogP contribution >= 0.6 is 0 Å². The molecule has 3 saturated carbocycles. The van der Waals surface area contributed by atoms with Gasteiger partial charge in [0.2, 0.25) is 10.0 Å². The highest BCUT2D eigenvalue weighted by atomic mass is 32.2. The number of hydrogen-bond acceptors (Lipinski definition) is 3. The van der Waals surface area contributed by atoms with E-state index in [0.29, 0.717) is 10.8 Å². The van der Waals surface area contributed by atoms with E-state index in [0.717, 1.165) is 36.3 Å². The summed E-state index contributed by atoms with van der Waals surface area (Å²) in [5, 5.41) is 0. The number of nitrogens with one attached hydrogen (secondary N) is 2. The zero-order valence-corrected chi connectivity index (χ0v) is 18.4. The molecule has 0 radical (unpaired) electrons. The minimum Gasteiger partial charge on any atom is -0.308 e. The monoisotopic (exact) mass is 392 g/mol. The van der Waals surface area contributed by atoms with Crippen LogP contribution in [0.2, 0.25) is 0 Å². The molecule has 4 aliphatic rings. The number of allylic oxidation sites excluding steroid dienone is 3. The third-order valence-corrected chi connectivity index (χ3v) is 9.68. The lowest BCUT2D eigenvalue weighted by atomic mass is 9.46. The summed E-state index contributed by atoms with van der Waals surface area (Å²) >= 11 is 0. The van der Waals surface area contributed by atoms with E-state index in [1.807, 2.05) is 0 Å². The van der Waals surface area contributed by atoms with E-state index in [-0.39, 0.29) is 5.41 Å². The van der Waals surface area contributed by atoms with E-state index in [2.05, 4.69) is 50.1 Å². The standard InChI is InChI=1S/C22H36N2O2S/c1-20(2)11-9-19-17-7-6-15-14-16(23-24-27(5,25)26)8-12-21(15,3)18(17)10-13-22(19,20)4/h8,14,17-19,23-24H,6-7,9-13H2,1-5H3/t17-,18-,19+,21+,22+/m1/s1. The fourth-order valence-corrected chi connectivity index (χ4v) is 7.45. The average Bonchev–Trinajstić information content (AvgIpc) is 2.82. The SMILES string of the molecule is CC1(C)CC[C@H]2[C@@H]3CCC4=CC(NNS(C)(=O)=O)=CC[C@]4(C)[C@@H]3CC[C@@]21C. The first-order chi connectivity index (χ1) is 12.5. The van der Waals surface area contributed by atoms with Crippen molar-refractivity contribution in [3.8, 4) is 0 Å². The molecule has 5 atom stereocenters. The van der Waals surface area contributed by atoms with E-state index < -0.39 is 10.0 Å². The third-order valence-electron chi connectivity index (χ3n) is 9.21. The van der Waals surface area contributed by atoms with Gasteiger partial charge in [0.15, 0.2) is 0 Å². The number of hydrogen-bond donors (Lipinski definition) is 2. The first-order valence-electron chi connectivity index (χ1n) is 10.6. The van der Waals surface area contributed by atoms with Crippen LogP contribution in [0.1, 0.15) is 72.6 Å². The molecule has 0 bridgehead atoms. The number of hydrazine groups is 1. The summed E-state index contributed by atoms with van der Waals surface area (Å²) in [5.41, 5.74) is 6.52. The highest BCUT2D eigenvalue weighted by molar-refractivity contribution is 7.88. The summed E-state index contributed by atoms with van der Waals surface area (Å²) in [6, 6.07) is 0. The number of sulfonamides is 1. The Labute approximate surface area is 165 Å². The van der Waals surface area contributed by atoms with Gasteiger partial charge in [-0.05, 0) is 85.0 Å². The smallest absolute Gasteiger partial charge is 0.225 e. The molecular formula is C22H36N2O2S. The fourth-order valence-electron chi connectivity index (χ4n) is 7.15. The second kappa shape index (κ2) is 6.09. The summed E-state index contributed by atoms with van der Waals surface area (Å²) in [6.07, 6.45) is 14.5. The van der Waals surface area contributed by atoms with E-state index in [9.17, 15) is 8.42 Å². The Morgan fingerprint density at radius 1 is 1.04 bits per heavy atom. The van der Waals surface area contributed by atoms with Crippen molar-refractivity contribution in [2.24, 2.45) is 34.0 Å². The van der Waals surface area contributed by atoms with Crippen LogP contribution < -0.4 is 10.3 Å². The van der Waals surface area contributed by atoms with Gasteiger partial charge >= 0.3 is 0 Å². The topological polar surface area (TPSA) is 58.2 Å². The van der Waals surface area contributed by atoms with Gasteiger partial charge in [-0.15, -0.1) is 4.83 Å². The van der Waals surface area contributed by atoms with E-state index >= 15 is 0 Å². The van der Waals surface area contributed by atoms with Crippen LogP contribution in [0.4, 0.5) is 0 Å². The summed E-state index contributed by atoms with van der Waals surface area (Å²) in [5.74, 6) is 2.50. The van der Waals surface area contributed by atoms with Crippen molar-refractivity contribution >= 4 is 10.0 Å². The zero-order chi connectivity index (χ0) is 19.7. The Morgan fingerprint density at radius 2 is 1.74 bits per heavy atom. The lowest BCUT2D eigenvalue weighted by Crippen LogP contribution is -2.51. The van der Waals surface area contributed by atoms with E-state index in [4.69, 9.17) is 0 Å². The third kappa shape index (κ3) is 3.00. The number of fused-ring (bicyclic) bond motifs is 5. The predicted molar refractivity (Wildman–Crippen MR) is 110 cm³/mol. The highest BCUT2D eigenvalue weighted by Gasteiger charge is 2.60. The van der Waals surface area contributed by atoms with Crippen molar-refractivity contribution in [2.75, 3.05) is 6.26 Å². The molecule has 0 aromatic heterocycles. The van der Waals surface area contributed by atoms with Crippen LogP contribution in [-0.4, -0.2) is 14.7 Å². The summed E-state index contributed by atoms with van der Waals surface area (Å²) in [7, 11) is -3.25. The lowest BCUT2D eigenvalue weighted by molar-refractivity contribution is -0.0664. The maximum absolute atomic E-state index is 11.4. The minimum atomic E-state index is -3.25. The van der Waals surface area contributed by atoms with Crippen molar-refractivity contribution in [2.45, 2.75) is 72.6 Å². The molecule has 0 heterocycles. The normalized spacial score (nSPS) is 43.1. The molecule has 152 valence electrons. The molecular weight excluding hydrogens is 356 g/mol. The Hall–Kier alpha value is -0.810. The minimum absolute atomic E-state index is 0.243. The first kappa shape index (κ1) is 19.5. The second-order valence-electron chi connectivity index (χ2n) is 10.7. The molecule has 0 aromatic rings. The fraction of sp³-hybridized carbons (Fsp3) is 0.818. The number of rotatable bonds is 3. The van der Waals surface area contributed by atoms with E-state index in [1.165, 1.54) is 43.9 Å². The Kier molecular flexibility index (Phi) is 4.40. The van der Waals surface area contributed by atoms with Gasteiger partial charge < -0.3 is 5.43 Å². The van der Waals surface area contributed by atoms with Gasteiger partial charge in [-0.25, -0.2) is 8.42 Å². The molecule has 4 rings (SSSR count). The first-order valence-corrected chi connectivity index (χ1v) is 12.5. The average molecular weight is 393 g/mol. The largest absolute Gasteiger partial charge is 0.308 e. The molecule has 0 spiro atoms. The molecule has 0 aromatic carbocycles. The molecule has 2 N–H and O–H groups in total. The van der Waals surface area contributed by atoms with Crippen molar-refractivity contribution in [1.82, 2.24) is 10.3 Å². The molecule has 0 aliphatic heterocycles. The molecule has 27 heavy (non-hydrogen) atoms. The Balaban J connectivity index is 1.56. The van der Waals surface area contributed by atoms with Crippen molar-refractivity contribution in [1.29, 1.82) is 0 Å². The van der Waals surface area contributed by atoms with Gasteiger partial charge in [-0.3, -0.25) is 0 Å². The second-order valence-corrected chi connectivity index (χ2v) is 12.5. The maximum atomic E-state index is 11.4. The molecule has 3 fully saturated rings. The van der Waals surface area contributed by atoms with Gasteiger partial charge in [0, 0.05) is 5.70 Å². The summed E-state index contributed by atoms with van der Waals surface area (Å²) < 4.78 is 22.7. The molecule has 0 unspecified atom stereocenters. The summed E-state index contributed by atoms with van der Waals surface area (Å²) in [4.78, 5) is 2.41.